The third-order valence-corrected chi connectivity index (χ3v) is 3.76. The third-order valence-electron chi connectivity index (χ3n) is 3.76. The van der Waals surface area contributed by atoms with Gasteiger partial charge >= 0.3 is 12.1 Å². The first-order valence-corrected chi connectivity index (χ1v) is 7.52. The van der Waals surface area contributed by atoms with Gasteiger partial charge in [-0.2, -0.15) is 0 Å². The minimum absolute atomic E-state index is 0.0438. The maximum Gasteiger partial charge on any atom is 0.410 e. The molecule has 1 aromatic rings. The highest BCUT2D eigenvalue weighted by Gasteiger charge is 2.33. The van der Waals surface area contributed by atoms with E-state index in [-0.39, 0.29) is 17.7 Å². The van der Waals surface area contributed by atoms with E-state index in [0.29, 0.717) is 6.54 Å². The maximum absolute atomic E-state index is 12.3. The molecule has 1 aliphatic heterocycles. The fourth-order valence-corrected chi connectivity index (χ4v) is 2.81. The number of hydrogen-bond donors (Lipinski definition) is 1. The molecule has 0 aromatic heterocycles. The molecule has 1 saturated heterocycles. The number of ether oxygens (including phenoxy) is 1. The van der Waals surface area contributed by atoms with Gasteiger partial charge in [0.25, 0.3) is 0 Å². The summed E-state index contributed by atoms with van der Waals surface area (Å²) in [6.07, 6.45) is 1.48. The van der Waals surface area contributed by atoms with Crippen LogP contribution in [0.1, 0.15) is 61.1 Å². The van der Waals surface area contributed by atoms with Crippen LogP contribution in [-0.4, -0.2) is 34.2 Å². The number of carbonyl (C=O) groups is 2. The van der Waals surface area contributed by atoms with Gasteiger partial charge in [0.05, 0.1) is 11.6 Å². The summed E-state index contributed by atoms with van der Waals surface area (Å²) >= 11 is 0. The van der Waals surface area contributed by atoms with Crippen molar-refractivity contribution in [3.05, 3.63) is 34.9 Å². The lowest BCUT2D eigenvalue weighted by Crippen LogP contribution is -2.36. The van der Waals surface area contributed by atoms with Crippen molar-refractivity contribution < 1.29 is 19.4 Å². The van der Waals surface area contributed by atoms with Crippen LogP contribution in [0, 0.1) is 6.92 Å². The molecule has 1 N–H and O–H groups in total. The number of aryl methyl sites for hydroxylation is 1. The summed E-state index contributed by atoms with van der Waals surface area (Å²) in [5.41, 5.74) is 1.63. The van der Waals surface area contributed by atoms with Crippen molar-refractivity contribution in [2.45, 2.75) is 52.2 Å². The second-order valence-corrected chi connectivity index (χ2v) is 6.71. The van der Waals surface area contributed by atoms with Gasteiger partial charge in [-0.15, -0.1) is 0 Å². The van der Waals surface area contributed by atoms with Gasteiger partial charge in [0.15, 0.2) is 0 Å². The van der Waals surface area contributed by atoms with E-state index >= 15 is 0 Å². The Labute approximate surface area is 130 Å². The summed E-state index contributed by atoms with van der Waals surface area (Å²) < 4.78 is 5.47. The highest BCUT2D eigenvalue weighted by molar-refractivity contribution is 5.88. The largest absolute Gasteiger partial charge is 0.478 e. The zero-order valence-electron chi connectivity index (χ0n) is 13.5. The molecule has 0 aliphatic carbocycles. The molecule has 5 nitrogen and oxygen atoms in total. The quantitative estimate of drug-likeness (QED) is 0.903. The molecule has 0 radical (unpaired) electrons. The number of likely N-dealkylation sites (tertiary alicyclic amines) is 1. The Morgan fingerprint density at radius 3 is 2.55 bits per heavy atom. The van der Waals surface area contributed by atoms with Gasteiger partial charge in [0.1, 0.15) is 5.60 Å². The average Bonchev–Trinajstić information content (AvgIpc) is 2.85. The molecule has 1 unspecified atom stereocenters. The van der Waals surface area contributed by atoms with Crippen LogP contribution in [0.3, 0.4) is 0 Å². The first kappa shape index (κ1) is 16.3. The Balaban J connectivity index is 2.24. The van der Waals surface area contributed by atoms with Gasteiger partial charge in [0.2, 0.25) is 0 Å². The third kappa shape index (κ3) is 3.59. The van der Waals surface area contributed by atoms with Gasteiger partial charge in [-0.05, 0) is 63.8 Å². The molecule has 0 saturated carbocycles. The lowest BCUT2D eigenvalue weighted by atomic mass is 9.97. The van der Waals surface area contributed by atoms with E-state index in [4.69, 9.17) is 9.84 Å². The molecule has 1 heterocycles. The Hall–Kier alpha value is -2.04. The minimum atomic E-state index is -0.940. The van der Waals surface area contributed by atoms with Gasteiger partial charge in [-0.25, -0.2) is 9.59 Å². The summed E-state index contributed by atoms with van der Waals surface area (Å²) in [5.74, 6) is -0.940. The first-order valence-electron chi connectivity index (χ1n) is 7.52. The van der Waals surface area contributed by atoms with Gasteiger partial charge in [-0.1, -0.05) is 6.07 Å². The number of amides is 1. The lowest BCUT2D eigenvalue weighted by Gasteiger charge is -2.29. The second-order valence-electron chi connectivity index (χ2n) is 6.71. The van der Waals surface area contributed by atoms with Crippen LogP contribution in [0.25, 0.3) is 0 Å². The normalized spacial score (nSPS) is 18.4. The van der Waals surface area contributed by atoms with Crippen molar-refractivity contribution in [2.24, 2.45) is 0 Å². The monoisotopic (exact) mass is 305 g/mol. The number of hydrogen-bond acceptors (Lipinski definition) is 3. The van der Waals surface area contributed by atoms with Gasteiger partial charge < -0.3 is 14.7 Å². The fourth-order valence-electron chi connectivity index (χ4n) is 2.81. The van der Waals surface area contributed by atoms with Gasteiger partial charge in [0, 0.05) is 6.54 Å². The van der Waals surface area contributed by atoms with E-state index in [1.54, 1.807) is 17.0 Å². The lowest BCUT2D eigenvalue weighted by molar-refractivity contribution is 0.0224. The van der Waals surface area contributed by atoms with E-state index in [2.05, 4.69) is 0 Å². The van der Waals surface area contributed by atoms with Crippen LogP contribution in [-0.2, 0) is 4.74 Å². The summed E-state index contributed by atoms with van der Waals surface area (Å²) in [7, 11) is 0. The first-order chi connectivity index (χ1) is 10.2. The highest BCUT2D eigenvalue weighted by atomic mass is 16.6. The number of benzene rings is 1. The van der Waals surface area contributed by atoms with Crippen molar-refractivity contribution >= 4 is 12.1 Å². The number of carbonyl (C=O) groups excluding carboxylic acids is 1. The van der Waals surface area contributed by atoms with Crippen LogP contribution in [0.15, 0.2) is 18.2 Å². The zero-order valence-corrected chi connectivity index (χ0v) is 13.5. The predicted octanol–water partition coefficient (Wildman–Crippen LogP) is 3.77. The van der Waals surface area contributed by atoms with Crippen LogP contribution in [0.2, 0.25) is 0 Å². The van der Waals surface area contributed by atoms with Crippen LogP contribution in [0.5, 0.6) is 0 Å². The molecule has 5 heteroatoms. The molecule has 0 bridgehead atoms. The Bertz CT molecular complexity index is 589. The van der Waals surface area contributed by atoms with Crippen molar-refractivity contribution in [2.75, 3.05) is 6.54 Å². The Morgan fingerprint density at radius 1 is 1.32 bits per heavy atom. The van der Waals surface area contributed by atoms with Crippen molar-refractivity contribution in [1.29, 1.82) is 0 Å². The van der Waals surface area contributed by atoms with E-state index in [0.717, 1.165) is 24.0 Å². The summed E-state index contributed by atoms with van der Waals surface area (Å²) in [6, 6.07) is 5.02. The standard InChI is InChI=1S/C17H23NO4/c1-11-10-12(15(19)20)7-8-13(11)14-6-5-9-18(14)16(21)22-17(2,3)4/h7-8,10,14H,5-6,9H2,1-4H3,(H,19,20). The molecular formula is C17H23NO4. The molecule has 1 amide bonds. The topological polar surface area (TPSA) is 66.8 Å². The number of carboxylic acid groups (broad SMARTS) is 1. The molecule has 2 rings (SSSR count). The number of rotatable bonds is 2. The zero-order chi connectivity index (χ0) is 16.5. The molecule has 22 heavy (non-hydrogen) atoms. The van der Waals surface area contributed by atoms with E-state index in [1.165, 1.54) is 0 Å². The van der Waals surface area contributed by atoms with Gasteiger partial charge in [-0.3, -0.25) is 0 Å². The average molecular weight is 305 g/mol. The Kier molecular flexibility index (Phi) is 4.44. The number of carboxylic acids is 1. The second kappa shape index (κ2) is 5.99. The molecular weight excluding hydrogens is 282 g/mol. The maximum atomic E-state index is 12.3. The van der Waals surface area contributed by atoms with E-state index < -0.39 is 11.6 Å². The number of aromatic carboxylic acids is 1. The van der Waals surface area contributed by atoms with Crippen LogP contribution < -0.4 is 0 Å². The van der Waals surface area contributed by atoms with Crippen molar-refractivity contribution in [3.63, 3.8) is 0 Å². The fraction of sp³-hybridized carbons (Fsp3) is 0.529. The van der Waals surface area contributed by atoms with E-state index in [9.17, 15) is 9.59 Å². The molecule has 0 spiro atoms. The molecule has 1 atom stereocenters. The van der Waals surface area contributed by atoms with E-state index in [1.807, 2.05) is 33.8 Å². The predicted molar refractivity (Wildman–Crippen MR) is 83.1 cm³/mol. The van der Waals surface area contributed by atoms with Crippen LogP contribution in [0.4, 0.5) is 4.79 Å². The van der Waals surface area contributed by atoms with Crippen molar-refractivity contribution in [3.8, 4) is 0 Å². The molecule has 1 aromatic carbocycles. The minimum Gasteiger partial charge on any atom is -0.478 e. The smallest absolute Gasteiger partial charge is 0.410 e. The summed E-state index contributed by atoms with van der Waals surface area (Å²) in [5, 5.41) is 9.05. The summed E-state index contributed by atoms with van der Waals surface area (Å²) in [4.78, 5) is 25.1. The molecule has 120 valence electrons. The molecule has 1 aliphatic rings. The van der Waals surface area contributed by atoms with Crippen LogP contribution >= 0.6 is 0 Å². The SMILES string of the molecule is Cc1cc(C(=O)O)ccc1C1CCCN1C(=O)OC(C)(C)C. The number of nitrogens with zero attached hydrogens (tertiary/aromatic N) is 1. The summed E-state index contributed by atoms with van der Waals surface area (Å²) in [6.45, 7) is 8.10. The molecule has 1 fully saturated rings. The Morgan fingerprint density at radius 2 is 2.00 bits per heavy atom. The van der Waals surface area contributed by atoms with Crippen molar-refractivity contribution in [1.82, 2.24) is 4.90 Å². The highest BCUT2D eigenvalue weighted by Crippen LogP contribution is 2.35.